The summed E-state index contributed by atoms with van der Waals surface area (Å²) in [7, 11) is 0. The maximum absolute atomic E-state index is 10.5. The quantitative estimate of drug-likeness (QED) is 0.639. The number of pyridine rings is 1. The Hall–Kier alpha value is -2.94. The third kappa shape index (κ3) is 2.10. The lowest BCUT2D eigenvalue weighted by Crippen LogP contribution is -1.96. The van der Waals surface area contributed by atoms with Crippen LogP contribution in [0.25, 0.3) is 11.3 Å². The lowest BCUT2D eigenvalue weighted by molar-refractivity contribution is -0.384. The highest BCUT2D eigenvalue weighted by Gasteiger charge is 2.07. The van der Waals surface area contributed by atoms with E-state index in [9.17, 15) is 10.1 Å². The number of nitro groups is 1. The molecule has 0 aliphatic rings. The molecule has 0 bridgehead atoms. The Balaban J connectivity index is 2.40. The van der Waals surface area contributed by atoms with Gasteiger partial charge in [-0.15, -0.1) is 0 Å². The van der Waals surface area contributed by atoms with Crippen molar-refractivity contribution in [2.45, 2.75) is 0 Å². The maximum atomic E-state index is 10.5. The van der Waals surface area contributed by atoms with E-state index in [1.165, 1.54) is 12.1 Å². The highest BCUT2D eigenvalue weighted by atomic mass is 16.6. The summed E-state index contributed by atoms with van der Waals surface area (Å²) >= 11 is 0. The van der Waals surface area contributed by atoms with Crippen LogP contribution in [0.4, 0.5) is 11.5 Å². The van der Waals surface area contributed by atoms with Gasteiger partial charge in [-0.05, 0) is 24.3 Å². The van der Waals surface area contributed by atoms with E-state index < -0.39 is 4.92 Å². The highest BCUT2D eigenvalue weighted by Crippen LogP contribution is 2.22. The minimum Gasteiger partial charge on any atom is -0.383 e. The highest BCUT2D eigenvalue weighted by molar-refractivity contribution is 5.64. The first-order chi connectivity index (χ1) is 8.61. The number of aromatic nitrogens is 1. The van der Waals surface area contributed by atoms with Crippen molar-refractivity contribution in [3.8, 4) is 17.3 Å². The van der Waals surface area contributed by atoms with E-state index in [1.54, 1.807) is 24.3 Å². The largest absolute Gasteiger partial charge is 0.383 e. The summed E-state index contributed by atoms with van der Waals surface area (Å²) < 4.78 is 0. The zero-order chi connectivity index (χ0) is 13.1. The Kier molecular flexibility index (Phi) is 2.89. The van der Waals surface area contributed by atoms with Crippen LogP contribution in [-0.2, 0) is 0 Å². The summed E-state index contributed by atoms with van der Waals surface area (Å²) in [6, 6.07) is 11.1. The molecule has 0 radical (unpaired) electrons. The average molecular weight is 240 g/mol. The Morgan fingerprint density at radius 1 is 1.22 bits per heavy atom. The molecule has 0 fully saturated rings. The lowest BCUT2D eigenvalue weighted by Gasteiger charge is -2.02. The summed E-state index contributed by atoms with van der Waals surface area (Å²) in [6.07, 6.45) is 0. The predicted octanol–water partition coefficient (Wildman–Crippen LogP) is 2.11. The fraction of sp³-hybridized carbons (Fsp3) is 0. The molecule has 2 aromatic rings. The van der Waals surface area contributed by atoms with Crippen molar-refractivity contribution in [3.05, 3.63) is 52.1 Å². The molecular weight excluding hydrogens is 232 g/mol. The number of non-ortho nitro benzene ring substituents is 1. The molecule has 1 aromatic carbocycles. The standard InChI is InChI=1S/C12H8N4O2/c13-7-9-3-6-11(15-12(9)14)8-1-4-10(5-2-8)16(17)18/h1-6H,(H2,14,15). The number of nitro benzene ring substituents is 1. The molecule has 0 saturated heterocycles. The first kappa shape index (κ1) is 11.5. The van der Waals surface area contributed by atoms with Gasteiger partial charge in [-0.1, -0.05) is 0 Å². The number of benzene rings is 1. The average Bonchev–Trinajstić information content (AvgIpc) is 2.38. The Morgan fingerprint density at radius 3 is 2.39 bits per heavy atom. The Bertz CT molecular complexity index is 644. The lowest BCUT2D eigenvalue weighted by atomic mass is 10.1. The van der Waals surface area contributed by atoms with Gasteiger partial charge in [-0.2, -0.15) is 5.26 Å². The predicted molar refractivity (Wildman–Crippen MR) is 65.5 cm³/mol. The number of hydrogen-bond acceptors (Lipinski definition) is 5. The van der Waals surface area contributed by atoms with Crippen LogP contribution >= 0.6 is 0 Å². The van der Waals surface area contributed by atoms with Crippen molar-refractivity contribution in [1.82, 2.24) is 4.98 Å². The van der Waals surface area contributed by atoms with Crippen LogP contribution in [0.3, 0.4) is 0 Å². The Morgan fingerprint density at radius 2 is 1.89 bits per heavy atom. The fourth-order valence-electron chi connectivity index (χ4n) is 1.48. The van der Waals surface area contributed by atoms with Crippen LogP contribution in [0, 0.1) is 21.4 Å². The molecule has 0 aliphatic heterocycles. The number of anilines is 1. The van der Waals surface area contributed by atoms with Crippen LogP contribution in [0.1, 0.15) is 5.56 Å². The molecule has 2 rings (SSSR count). The number of nitrogens with two attached hydrogens (primary N) is 1. The van der Waals surface area contributed by atoms with E-state index in [0.717, 1.165) is 0 Å². The molecule has 1 aromatic heterocycles. The van der Waals surface area contributed by atoms with Crippen LogP contribution < -0.4 is 5.73 Å². The number of nitrogen functional groups attached to an aromatic ring is 1. The van der Waals surface area contributed by atoms with Crippen molar-refractivity contribution in [1.29, 1.82) is 5.26 Å². The molecule has 88 valence electrons. The zero-order valence-electron chi connectivity index (χ0n) is 9.20. The number of hydrogen-bond donors (Lipinski definition) is 1. The minimum absolute atomic E-state index is 0.0142. The minimum atomic E-state index is -0.468. The van der Waals surface area contributed by atoms with Gasteiger partial charge >= 0.3 is 0 Å². The van der Waals surface area contributed by atoms with Crippen LogP contribution in [0.2, 0.25) is 0 Å². The number of nitrogens with zero attached hydrogens (tertiary/aromatic N) is 3. The first-order valence-electron chi connectivity index (χ1n) is 5.03. The molecule has 6 nitrogen and oxygen atoms in total. The van der Waals surface area contributed by atoms with Gasteiger partial charge in [-0.25, -0.2) is 4.98 Å². The van der Waals surface area contributed by atoms with E-state index in [4.69, 9.17) is 11.0 Å². The van der Waals surface area contributed by atoms with E-state index >= 15 is 0 Å². The smallest absolute Gasteiger partial charge is 0.269 e. The molecule has 1 heterocycles. The molecule has 0 unspecified atom stereocenters. The molecule has 0 aliphatic carbocycles. The summed E-state index contributed by atoms with van der Waals surface area (Å²) in [5.41, 5.74) is 7.20. The molecule has 0 saturated carbocycles. The van der Waals surface area contributed by atoms with Crippen LogP contribution in [-0.4, -0.2) is 9.91 Å². The van der Waals surface area contributed by atoms with Gasteiger partial charge in [-0.3, -0.25) is 10.1 Å². The van der Waals surface area contributed by atoms with Gasteiger partial charge in [0, 0.05) is 17.7 Å². The molecular formula is C12H8N4O2. The number of rotatable bonds is 2. The monoisotopic (exact) mass is 240 g/mol. The van der Waals surface area contributed by atoms with Crippen molar-refractivity contribution in [2.24, 2.45) is 0 Å². The van der Waals surface area contributed by atoms with E-state index in [-0.39, 0.29) is 11.5 Å². The topological polar surface area (TPSA) is 106 Å². The van der Waals surface area contributed by atoms with E-state index in [0.29, 0.717) is 16.8 Å². The van der Waals surface area contributed by atoms with Gasteiger partial charge in [0.1, 0.15) is 11.9 Å². The molecule has 0 atom stereocenters. The summed E-state index contributed by atoms with van der Waals surface area (Å²) in [6.45, 7) is 0. The van der Waals surface area contributed by atoms with Gasteiger partial charge in [0.05, 0.1) is 16.2 Å². The normalized spacial score (nSPS) is 9.72. The molecule has 6 heteroatoms. The van der Waals surface area contributed by atoms with Crippen LogP contribution in [0.5, 0.6) is 0 Å². The molecule has 2 N–H and O–H groups in total. The van der Waals surface area contributed by atoms with Crippen molar-refractivity contribution >= 4 is 11.5 Å². The first-order valence-corrected chi connectivity index (χ1v) is 5.03. The fourth-order valence-corrected chi connectivity index (χ4v) is 1.48. The van der Waals surface area contributed by atoms with Gasteiger partial charge in [0.25, 0.3) is 5.69 Å². The molecule has 18 heavy (non-hydrogen) atoms. The second-order valence-corrected chi connectivity index (χ2v) is 3.55. The summed E-state index contributed by atoms with van der Waals surface area (Å²) in [5.74, 6) is 0.147. The SMILES string of the molecule is N#Cc1ccc(-c2ccc([N+](=O)[O-])cc2)nc1N. The molecule has 0 spiro atoms. The Labute approximate surface area is 102 Å². The van der Waals surface area contributed by atoms with Crippen molar-refractivity contribution in [2.75, 3.05) is 5.73 Å². The van der Waals surface area contributed by atoms with Crippen molar-refractivity contribution in [3.63, 3.8) is 0 Å². The molecule has 0 amide bonds. The summed E-state index contributed by atoms with van der Waals surface area (Å²) in [4.78, 5) is 14.1. The van der Waals surface area contributed by atoms with Gasteiger partial charge < -0.3 is 5.73 Å². The van der Waals surface area contributed by atoms with Crippen LogP contribution in [0.15, 0.2) is 36.4 Å². The summed E-state index contributed by atoms with van der Waals surface area (Å²) in [5, 5.41) is 19.3. The maximum Gasteiger partial charge on any atom is 0.269 e. The number of nitriles is 1. The second kappa shape index (κ2) is 4.51. The van der Waals surface area contributed by atoms with Gasteiger partial charge in [0.15, 0.2) is 0 Å². The second-order valence-electron chi connectivity index (χ2n) is 3.55. The van der Waals surface area contributed by atoms with E-state index in [1.807, 2.05) is 6.07 Å². The van der Waals surface area contributed by atoms with E-state index in [2.05, 4.69) is 4.98 Å². The third-order valence-electron chi connectivity index (χ3n) is 2.42. The zero-order valence-corrected chi connectivity index (χ0v) is 9.20. The van der Waals surface area contributed by atoms with Crippen molar-refractivity contribution < 1.29 is 4.92 Å². The third-order valence-corrected chi connectivity index (χ3v) is 2.42. The van der Waals surface area contributed by atoms with Gasteiger partial charge in [0.2, 0.25) is 0 Å².